The van der Waals surface area contributed by atoms with Crippen LogP contribution in [0.1, 0.15) is 16.8 Å². The van der Waals surface area contributed by atoms with Crippen LogP contribution in [0.25, 0.3) is 0 Å². The molecule has 2 N–H and O–H groups in total. The first-order chi connectivity index (χ1) is 12.2. The second kappa shape index (κ2) is 7.87. The fourth-order valence-electron chi connectivity index (χ4n) is 2.13. The number of aromatic amines is 1. The molecule has 2 aromatic carbocycles. The van der Waals surface area contributed by atoms with Crippen molar-refractivity contribution in [2.75, 3.05) is 5.43 Å². The van der Waals surface area contributed by atoms with Gasteiger partial charge in [-0.3, -0.25) is 5.43 Å². The van der Waals surface area contributed by atoms with Gasteiger partial charge in [0.05, 0.1) is 6.21 Å². The number of benzene rings is 2. The normalized spacial score (nSPS) is 10.8. The highest BCUT2D eigenvalue weighted by atomic mass is 16.5. The molecule has 0 amide bonds. The molecule has 0 saturated carbocycles. The molecule has 0 fully saturated rings. The number of aromatic nitrogens is 3. The minimum absolute atomic E-state index is 0.318. The zero-order valence-corrected chi connectivity index (χ0v) is 13.6. The highest BCUT2D eigenvalue weighted by Crippen LogP contribution is 2.14. The summed E-state index contributed by atoms with van der Waals surface area (Å²) in [5.74, 6) is 1.12. The monoisotopic (exact) mass is 335 g/mol. The fourth-order valence-corrected chi connectivity index (χ4v) is 2.13. The van der Waals surface area contributed by atoms with E-state index in [0.29, 0.717) is 18.1 Å². The van der Waals surface area contributed by atoms with Crippen LogP contribution in [0.5, 0.6) is 5.75 Å². The smallest absolute Gasteiger partial charge is 0.363 e. The highest BCUT2D eigenvalue weighted by molar-refractivity contribution is 5.82. The average molecular weight is 335 g/mol. The summed E-state index contributed by atoms with van der Waals surface area (Å²) in [6.07, 6.45) is 1.66. The molecule has 25 heavy (non-hydrogen) atoms. The number of H-pyrrole nitrogens is 1. The van der Waals surface area contributed by atoms with Crippen molar-refractivity contribution in [3.63, 3.8) is 0 Å². The van der Waals surface area contributed by atoms with Crippen molar-refractivity contribution >= 4 is 12.0 Å². The third-order valence-corrected chi connectivity index (χ3v) is 3.44. The van der Waals surface area contributed by atoms with Gasteiger partial charge in [-0.05, 0) is 24.6 Å². The van der Waals surface area contributed by atoms with Gasteiger partial charge in [0.2, 0.25) is 0 Å². The zero-order chi connectivity index (χ0) is 17.5. The molecule has 0 saturated heterocycles. The van der Waals surface area contributed by atoms with Crippen LogP contribution in [0.3, 0.4) is 0 Å². The summed E-state index contributed by atoms with van der Waals surface area (Å²) < 4.78 is 5.78. The lowest BCUT2D eigenvalue weighted by Gasteiger charge is -2.08. The molecule has 126 valence electrons. The number of anilines is 1. The summed E-state index contributed by atoms with van der Waals surface area (Å²) in [6, 6.07) is 17.4. The Morgan fingerprint density at radius 2 is 1.92 bits per heavy atom. The van der Waals surface area contributed by atoms with E-state index in [-0.39, 0.29) is 0 Å². The standard InChI is InChI=1S/C18H17N5O2/c1-13-17(20-18(24)23-21-13)22-19-11-14-7-5-6-8-15(14)12-25-16-9-3-2-4-10-16/h2-11H,12H2,1H3,(H2,20,22,23,24)/b19-11+. The van der Waals surface area contributed by atoms with Crippen molar-refractivity contribution in [1.29, 1.82) is 0 Å². The van der Waals surface area contributed by atoms with Gasteiger partial charge in [0.15, 0.2) is 5.82 Å². The first kappa shape index (κ1) is 16.4. The summed E-state index contributed by atoms with van der Waals surface area (Å²) in [5, 5.41) is 10.2. The number of nitrogens with one attached hydrogen (secondary N) is 2. The van der Waals surface area contributed by atoms with Crippen molar-refractivity contribution in [2.45, 2.75) is 13.5 Å². The molecule has 0 aliphatic rings. The second-order valence-electron chi connectivity index (χ2n) is 5.25. The maximum atomic E-state index is 11.2. The maximum absolute atomic E-state index is 11.2. The van der Waals surface area contributed by atoms with Crippen molar-refractivity contribution in [2.24, 2.45) is 5.10 Å². The summed E-state index contributed by atoms with van der Waals surface area (Å²) in [4.78, 5) is 15.0. The molecule has 0 unspecified atom stereocenters. The quantitative estimate of drug-likeness (QED) is 0.533. The third-order valence-electron chi connectivity index (χ3n) is 3.44. The Balaban J connectivity index is 1.70. The van der Waals surface area contributed by atoms with Crippen LogP contribution in [0, 0.1) is 6.92 Å². The van der Waals surface area contributed by atoms with Gasteiger partial charge in [-0.15, -0.1) is 0 Å². The van der Waals surface area contributed by atoms with E-state index < -0.39 is 5.69 Å². The number of rotatable bonds is 6. The summed E-state index contributed by atoms with van der Waals surface area (Å²) in [6.45, 7) is 2.15. The summed E-state index contributed by atoms with van der Waals surface area (Å²) in [5.41, 5.74) is 4.66. The van der Waals surface area contributed by atoms with E-state index in [4.69, 9.17) is 4.74 Å². The van der Waals surface area contributed by atoms with E-state index in [0.717, 1.165) is 16.9 Å². The van der Waals surface area contributed by atoms with E-state index in [1.807, 2.05) is 54.6 Å². The Morgan fingerprint density at radius 3 is 2.76 bits per heavy atom. The lowest BCUT2D eigenvalue weighted by molar-refractivity contribution is 0.306. The first-order valence-corrected chi connectivity index (χ1v) is 7.70. The third kappa shape index (κ3) is 4.51. The van der Waals surface area contributed by atoms with E-state index in [9.17, 15) is 4.79 Å². The van der Waals surface area contributed by atoms with E-state index in [2.05, 4.69) is 25.7 Å². The molecule has 7 heteroatoms. The number of ether oxygens (including phenoxy) is 1. The molecule has 0 bridgehead atoms. The fraction of sp³-hybridized carbons (Fsp3) is 0.111. The molecule has 0 radical (unpaired) electrons. The summed E-state index contributed by atoms with van der Waals surface area (Å²) >= 11 is 0. The Kier molecular flexibility index (Phi) is 5.16. The zero-order valence-electron chi connectivity index (χ0n) is 13.6. The lowest BCUT2D eigenvalue weighted by Crippen LogP contribution is -2.15. The number of hydrogen-bond acceptors (Lipinski definition) is 6. The van der Waals surface area contributed by atoms with Gasteiger partial charge in [-0.2, -0.15) is 15.2 Å². The van der Waals surface area contributed by atoms with Crippen LogP contribution in [-0.2, 0) is 6.61 Å². The van der Waals surface area contributed by atoms with Crippen LogP contribution in [-0.4, -0.2) is 21.4 Å². The maximum Gasteiger partial charge on any atom is 0.363 e. The van der Waals surface area contributed by atoms with Crippen molar-refractivity contribution in [3.8, 4) is 5.75 Å². The molecule has 0 spiro atoms. The lowest BCUT2D eigenvalue weighted by atomic mass is 10.1. The van der Waals surface area contributed by atoms with Crippen molar-refractivity contribution < 1.29 is 4.74 Å². The van der Waals surface area contributed by atoms with Gasteiger partial charge in [-0.25, -0.2) is 9.89 Å². The van der Waals surface area contributed by atoms with Crippen molar-refractivity contribution in [1.82, 2.24) is 15.2 Å². The predicted octanol–water partition coefficient (Wildman–Crippen LogP) is 2.50. The molecular formula is C18H17N5O2. The minimum Gasteiger partial charge on any atom is -0.489 e. The van der Waals surface area contributed by atoms with Crippen LogP contribution in [0.15, 0.2) is 64.5 Å². The highest BCUT2D eigenvalue weighted by Gasteiger charge is 2.03. The van der Waals surface area contributed by atoms with Crippen LogP contribution >= 0.6 is 0 Å². The van der Waals surface area contributed by atoms with Gasteiger partial charge < -0.3 is 4.74 Å². The molecule has 1 aromatic heterocycles. The van der Waals surface area contributed by atoms with Crippen LogP contribution in [0.2, 0.25) is 0 Å². The Bertz CT molecular complexity index is 922. The number of hydrazone groups is 1. The first-order valence-electron chi connectivity index (χ1n) is 7.70. The predicted molar refractivity (Wildman–Crippen MR) is 95.8 cm³/mol. The topological polar surface area (TPSA) is 92.3 Å². The second-order valence-corrected chi connectivity index (χ2v) is 5.25. The Labute approximate surface area is 144 Å². The van der Waals surface area contributed by atoms with Crippen LogP contribution in [0.4, 0.5) is 5.82 Å². The Morgan fingerprint density at radius 1 is 1.16 bits per heavy atom. The minimum atomic E-state index is -0.528. The number of hydrogen-bond donors (Lipinski definition) is 2. The molecule has 0 aliphatic heterocycles. The van der Waals surface area contributed by atoms with Gasteiger partial charge in [0.1, 0.15) is 18.1 Å². The Hall–Kier alpha value is -3.48. The number of para-hydroxylation sites is 1. The van der Waals surface area contributed by atoms with Gasteiger partial charge in [0.25, 0.3) is 0 Å². The summed E-state index contributed by atoms with van der Waals surface area (Å²) in [7, 11) is 0. The SMILES string of the molecule is Cc1n[nH]c(=O)nc1N/N=C/c1ccccc1COc1ccccc1. The van der Waals surface area contributed by atoms with E-state index in [1.165, 1.54) is 0 Å². The number of nitrogens with zero attached hydrogens (tertiary/aromatic N) is 3. The van der Waals surface area contributed by atoms with Gasteiger partial charge >= 0.3 is 5.69 Å². The molecule has 0 atom stereocenters. The largest absolute Gasteiger partial charge is 0.489 e. The molecule has 7 nitrogen and oxygen atoms in total. The average Bonchev–Trinajstić information content (AvgIpc) is 2.64. The van der Waals surface area contributed by atoms with E-state index >= 15 is 0 Å². The molecule has 3 aromatic rings. The molecule has 0 aliphatic carbocycles. The molecular weight excluding hydrogens is 318 g/mol. The number of aryl methyl sites for hydroxylation is 1. The van der Waals surface area contributed by atoms with Crippen molar-refractivity contribution in [3.05, 3.63) is 81.9 Å². The van der Waals surface area contributed by atoms with Crippen LogP contribution < -0.4 is 15.9 Å². The molecule has 3 rings (SSSR count). The molecule has 1 heterocycles. The van der Waals surface area contributed by atoms with E-state index in [1.54, 1.807) is 13.1 Å². The van der Waals surface area contributed by atoms with Gasteiger partial charge in [-0.1, -0.05) is 42.5 Å². The van der Waals surface area contributed by atoms with Gasteiger partial charge in [0, 0.05) is 5.56 Å².